The summed E-state index contributed by atoms with van der Waals surface area (Å²) in [6.45, 7) is 1.45. The summed E-state index contributed by atoms with van der Waals surface area (Å²) in [6.07, 6.45) is -3.24. The van der Waals surface area contributed by atoms with E-state index in [9.17, 15) is 32.6 Å². The number of nitrogens with zero attached hydrogens (tertiary/aromatic N) is 2. The van der Waals surface area contributed by atoms with Crippen LogP contribution >= 0.6 is 11.6 Å². The number of aliphatic hydroxyl groups is 1. The number of benzene rings is 4. The van der Waals surface area contributed by atoms with Gasteiger partial charge in [0.25, 0.3) is 0 Å². The van der Waals surface area contributed by atoms with Crippen LogP contribution < -0.4 is 4.74 Å². The number of alkyl halides is 3. The van der Waals surface area contributed by atoms with Crippen molar-refractivity contribution < 1.29 is 37.3 Å². The number of ether oxygens (including phenoxy) is 1. The number of carbonyl (C=O) groups is 1. The average Bonchev–Trinajstić information content (AvgIpc) is 3.36. The number of carboxylic acid groups (broad SMARTS) is 1. The molecule has 11 heteroatoms. The maximum Gasteiger partial charge on any atom is 0.418 e. The van der Waals surface area contributed by atoms with Crippen LogP contribution in [-0.2, 0) is 29.5 Å². The first-order chi connectivity index (χ1) is 21.4. The number of carboxylic acids is 1. The molecule has 0 amide bonds. The third-order valence-electron chi connectivity index (χ3n) is 8.42. The summed E-state index contributed by atoms with van der Waals surface area (Å²) in [5.41, 5.74) is -0.158. The van der Waals surface area contributed by atoms with Gasteiger partial charge in [-0.15, -0.1) is 0 Å². The highest BCUT2D eigenvalue weighted by Crippen LogP contribution is 2.45. The highest BCUT2D eigenvalue weighted by atomic mass is 35.5. The highest BCUT2D eigenvalue weighted by Gasteiger charge is 2.43. The molecule has 232 valence electrons. The zero-order chi connectivity index (χ0) is 32.1. The number of hydrogen-bond donors (Lipinski definition) is 2. The highest BCUT2D eigenvalue weighted by molar-refractivity contribution is 6.31. The SMILES string of the molecule is CC(C(=O)O)C1(O)CCCc2c(Oc3cccc(-c4c5cccc(C(F)(F)F)c5nn4Cc4ccc(F)cc4Cl)c3)cccc21. The van der Waals surface area contributed by atoms with Crippen molar-refractivity contribution in [2.45, 2.75) is 44.5 Å². The Morgan fingerprint density at radius 3 is 2.58 bits per heavy atom. The van der Waals surface area contributed by atoms with E-state index in [1.807, 2.05) is 0 Å². The van der Waals surface area contributed by atoms with Crippen molar-refractivity contribution in [1.82, 2.24) is 9.78 Å². The second kappa shape index (κ2) is 11.5. The number of aliphatic carboxylic acids is 1. The van der Waals surface area contributed by atoms with Gasteiger partial charge in [0.2, 0.25) is 0 Å². The zero-order valence-electron chi connectivity index (χ0n) is 23.9. The lowest BCUT2D eigenvalue weighted by Gasteiger charge is -2.38. The molecule has 4 aromatic carbocycles. The van der Waals surface area contributed by atoms with E-state index in [4.69, 9.17) is 16.3 Å². The molecule has 1 aliphatic rings. The standard InChI is InChI=1S/C34H27ClF4N2O4/c1-19(32(42)43)33(44)15-5-9-24-26(33)10-4-12-29(24)45-23-7-2-6-20(16-23)31-25-8-3-11-27(34(37,38)39)30(25)40-41(31)18-21-13-14-22(36)17-28(21)35/h2-4,6-8,10-14,16-17,19,44H,5,9,15,18H2,1H3,(H,42,43). The Labute approximate surface area is 260 Å². The smallest absolute Gasteiger partial charge is 0.418 e. The van der Waals surface area contributed by atoms with Gasteiger partial charge in [-0.2, -0.15) is 18.3 Å². The molecule has 0 spiro atoms. The molecule has 0 radical (unpaired) electrons. The number of fused-ring (bicyclic) bond motifs is 2. The second-order valence-electron chi connectivity index (χ2n) is 11.2. The summed E-state index contributed by atoms with van der Waals surface area (Å²) in [5.74, 6) is -1.88. The van der Waals surface area contributed by atoms with E-state index in [-0.39, 0.29) is 22.5 Å². The minimum absolute atomic E-state index is 0.0297. The normalized spacial score (nSPS) is 17.2. The van der Waals surface area contributed by atoms with Crippen molar-refractivity contribution in [3.63, 3.8) is 0 Å². The molecule has 1 heterocycles. The lowest BCUT2D eigenvalue weighted by Crippen LogP contribution is -2.41. The van der Waals surface area contributed by atoms with Crippen LogP contribution in [0.15, 0.2) is 78.9 Å². The first kappa shape index (κ1) is 30.6. The molecule has 6 nitrogen and oxygen atoms in total. The number of aromatic nitrogens is 2. The lowest BCUT2D eigenvalue weighted by molar-refractivity contribution is -0.153. The summed E-state index contributed by atoms with van der Waals surface area (Å²) in [4.78, 5) is 11.8. The van der Waals surface area contributed by atoms with Crippen LogP contribution in [0.1, 0.15) is 42.0 Å². The lowest BCUT2D eigenvalue weighted by atomic mass is 9.72. The van der Waals surface area contributed by atoms with Crippen LogP contribution in [0.4, 0.5) is 17.6 Å². The van der Waals surface area contributed by atoms with Crippen LogP contribution in [0.2, 0.25) is 5.02 Å². The van der Waals surface area contributed by atoms with E-state index in [0.717, 1.165) is 12.1 Å². The molecule has 1 aliphatic carbocycles. The van der Waals surface area contributed by atoms with Gasteiger partial charge in [0.05, 0.1) is 23.7 Å². The summed E-state index contributed by atoms with van der Waals surface area (Å²) in [7, 11) is 0. The Morgan fingerprint density at radius 2 is 1.84 bits per heavy atom. The molecule has 0 saturated heterocycles. The fourth-order valence-corrected chi connectivity index (χ4v) is 6.32. The minimum Gasteiger partial charge on any atom is -0.481 e. The fraction of sp³-hybridized carbons (Fsp3) is 0.235. The van der Waals surface area contributed by atoms with Gasteiger partial charge in [-0.05, 0) is 73.7 Å². The second-order valence-corrected chi connectivity index (χ2v) is 11.6. The third-order valence-corrected chi connectivity index (χ3v) is 8.77. The Bertz CT molecular complexity index is 1940. The fourth-order valence-electron chi connectivity index (χ4n) is 6.09. The van der Waals surface area contributed by atoms with Crippen LogP contribution in [-0.4, -0.2) is 26.0 Å². The van der Waals surface area contributed by atoms with E-state index in [2.05, 4.69) is 5.10 Å². The molecule has 5 aromatic rings. The van der Waals surface area contributed by atoms with E-state index in [1.54, 1.807) is 48.5 Å². The van der Waals surface area contributed by atoms with Crippen molar-refractivity contribution in [3.8, 4) is 22.8 Å². The third kappa shape index (κ3) is 5.64. The van der Waals surface area contributed by atoms with Crippen LogP contribution in [0.3, 0.4) is 0 Å². The van der Waals surface area contributed by atoms with Crippen molar-refractivity contribution in [2.24, 2.45) is 5.92 Å². The minimum atomic E-state index is -4.65. The van der Waals surface area contributed by atoms with Crippen LogP contribution in [0, 0.1) is 11.7 Å². The first-order valence-corrected chi connectivity index (χ1v) is 14.6. The van der Waals surface area contributed by atoms with E-state index in [1.165, 1.54) is 29.8 Å². The van der Waals surface area contributed by atoms with E-state index >= 15 is 0 Å². The molecule has 0 aliphatic heterocycles. The van der Waals surface area contributed by atoms with E-state index in [0.29, 0.717) is 58.7 Å². The van der Waals surface area contributed by atoms with Crippen LogP contribution in [0.25, 0.3) is 22.2 Å². The molecule has 0 fully saturated rings. The Morgan fingerprint density at radius 1 is 1.09 bits per heavy atom. The monoisotopic (exact) mass is 638 g/mol. The molecule has 2 atom stereocenters. The predicted octanol–water partition coefficient (Wildman–Crippen LogP) is 8.60. The molecule has 1 aromatic heterocycles. The van der Waals surface area contributed by atoms with Crippen molar-refractivity contribution >= 4 is 28.5 Å². The Hall–Kier alpha value is -4.41. The first-order valence-electron chi connectivity index (χ1n) is 14.2. The van der Waals surface area contributed by atoms with Gasteiger partial charge < -0.3 is 14.9 Å². The van der Waals surface area contributed by atoms with E-state index < -0.39 is 35.0 Å². The summed E-state index contributed by atoms with van der Waals surface area (Å²) in [6, 6.07) is 19.6. The maximum absolute atomic E-state index is 14.0. The topological polar surface area (TPSA) is 84.6 Å². The molecule has 0 saturated carbocycles. The summed E-state index contributed by atoms with van der Waals surface area (Å²) >= 11 is 6.28. The van der Waals surface area contributed by atoms with Gasteiger partial charge in [0.1, 0.15) is 28.4 Å². The Balaban J connectivity index is 1.45. The van der Waals surface area contributed by atoms with Crippen molar-refractivity contribution in [3.05, 3.63) is 112 Å². The molecule has 2 N–H and O–H groups in total. The quantitative estimate of drug-likeness (QED) is 0.174. The van der Waals surface area contributed by atoms with Gasteiger partial charge in [-0.3, -0.25) is 9.48 Å². The number of halogens is 5. The average molecular weight is 639 g/mol. The summed E-state index contributed by atoms with van der Waals surface area (Å²) in [5, 5.41) is 25.8. The molecule has 2 unspecified atom stereocenters. The molecular weight excluding hydrogens is 612 g/mol. The van der Waals surface area contributed by atoms with Gasteiger partial charge >= 0.3 is 12.1 Å². The molecular formula is C34H27ClF4N2O4. The summed E-state index contributed by atoms with van der Waals surface area (Å²) < 4.78 is 63.5. The molecule has 6 rings (SSSR count). The zero-order valence-corrected chi connectivity index (χ0v) is 24.7. The molecule has 0 bridgehead atoms. The number of hydrogen-bond acceptors (Lipinski definition) is 4. The van der Waals surface area contributed by atoms with Gasteiger partial charge in [-0.25, -0.2) is 4.39 Å². The maximum atomic E-state index is 14.0. The van der Waals surface area contributed by atoms with Crippen molar-refractivity contribution in [1.29, 1.82) is 0 Å². The van der Waals surface area contributed by atoms with Crippen molar-refractivity contribution in [2.75, 3.05) is 0 Å². The Kier molecular flexibility index (Phi) is 7.82. The van der Waals surface area contributed by atoms with Gasteiger partial charge in [-0.1, -0.05) is 54.1 Å². The predicted molar refractivity (Wildman–Crippen MR) is 161 cm³/mol. The number of rotatable bonds is 7. The van der Waals surface area contributed by atoms with Gasteiger partial charge in [0, 0.05) is 21.5 Å². The molecule has 45 heavy (non-hydrogen) atoms. The largest absolute Gasteiger partial charge is 0.481 e. The van der Waals surface area contributed by atoms with Crippen LogP contribution in [0.5, 0.6) is 11.5 Å². The van der Waals surface area contributed by atoms with Gasteiger partial charge in [0.15, 0.2) is 0 Å².